The molecule has 3 rings (SSSR count). The molecule has 1 N–H and O–H groups in total. The number of nitrogens with zero attached hydrogens (tertiary/aromatic N) is 3. The van der Waals surface area contributed by atoms with E-state index in [0.717, 1.165) is 52.1 Å². The highest BCUT2D eigenvalue weighted by Crippen LogP contribution is 2.22. The van der Waals surface area contributed by atoms with Gasteiger partial charge in [0, 0.05) is 45.1 Å². The van der Waals surface area contributed by atoms with E-state index < -0.39 is 0 Å². The van der Waals surface area contributed by atoms with Crippen LogP contribution in [-0.4, -0.2) is 59.0 Å². The predicted octanol–water partition coefficient (Wildman–Crippen LogP) is 1.68. The van der Waals surface area contributed by atoms with Crippen molar-refractivity contribution in [3.63, 3.8) is 0 Å². The number of pyridine rings is 1. The number of amides is 1. The number of carbonyl (C=O) groups excluding carboxylic acids is 1. The first-order valence-corrected chi connectivity index (χ1v) is 8.33. The maximum absolute atomic E-state index is 12.8. The van der Waals surface area contributed by atoms with Crippen LogP contribution < -0.4 is 5.32 Å². The highest BCUT2D eigenvalue weighted by molar-refractivity contribution is 5.86. The zero-order chi connectivity index (χ0) is 15.4. The molecule has 5 nitrogen and oxygen atoms in total. The lowest BCUT2D eigenvalue weighted by Crippen LogP contribution is -2.61. The van der Waals surface area contributed by atoms with Gasteiger partial charge >= 0.3 is 0 Å². The summed E-state index contributed by atoms with van der Waals surface area (Å²) in [6, 6.07) is 4.09. The van der Waals surface area contributed by atoms with Crippen molar-refractivity contribution in [2.75, 3.05) is 32.7 Å². The van der Waals surface area contributed by atoms with Crippen LogP contribution in [0.2, 0.25) is 0 Å². The fourth-order valence-electron chi connectivity index (χ4n) is 3.45. The van der Waals surface area contributed by atoms with E-state index in [1.54, 1.807) is 6.20 Å². The third-order valence-electron chi connectivity index (χ3n) is 4.88. The van der Waals surface area contributed by atoms with Crippen LogP contribution in [-0.2, 0) is 11.3 Å². The summed E-state index contributed by atoms with van der Waals surface area (Å²) in [5, 5.41) is 3.43. The number of carbonyl (C=O) groups is 1. The van der Waals surface area contributed by atoms with E-state index in [9.17, 15) is 4.79 Å². The van der Waals surface area contributed by atoms with E-state index in [1.165, 1.54) is 12.0 Å². The number of rotatable bonds is 3. The van der Waals surface area contributed by atoms with Gasteiger partial charge in [-0.3, -0.25) is 14.7 Å². The maximum atomic E-state index is 12.8. The molecule has 1 aromatic rings. The van der Waals surface area contributed by atoms with Crippen LogP contribution in [0.1, 0.15) is 31.7 Å². The molecule has 1 aromatic heterocycles. The summed E-state index contributed by atoms with van der Waals surface area (Å²) >= 11 is 0. The molecule has 3 heterocycles. The van der Waals surface area contributed by atoms with Crippen LogP contribution in [0.3, 0.4) is 0 Å². The van der Waals surface area contributed by atoms with Crippen molar-refractivity contribution >= 4 is 18.3 Å². The van der Waals surface area contributed by atoms with Crippen LogP contribution in [0.4, 0.5) is 0 Å². The molecule has 128 valence electrons. The molecule has 1 atom stereocenters. The lowest BCUT2D eigenvalue weighted by molar-refractivity contribution is -0.140. The third-order valence-corrected chi connectivity index (χ3v) is 4.88. The number of nitrogens with one attached hydrogen (secondary N) is 1. The summed E-state index contributed by atoms with van der Waals surface area (Å²) in [5.74, 6) is 0.285. The van der Waals surface area contributed by atoms with Gasteiger partial charge in [0.2, 0.25) is 5.91 Å². The number of hydrogen-bond donors (Lipinski definition) is 1. The topological polar surface area (TPSA) is 48.5 Å². The number of halogens is 1. The van der Waals surface area contributed by atoms with Crippen LogP contribution in [0, 0.1) is 0 Å². The zero-order valence-electron chi connectivity index (χ0n) is 13.8. The van der Waals surface area contributed by atoms with Gasteiger partial charge in [-0.25, -0.2) is 0 Å². The van der Waals surface area contributed by atoms with E-state index in [4.69, 9.17) is 0 Å². The van der Waals surface area contributed by atoms with Gasteiger partial charge in [-0.2, -0.15) is 0 Å². The molecule has 0 radical (unpaired) electrons. The molecule has 0 saturated carbocycles. The molecule has 2 fully saturated rings. The maximum Gasteiger partial charge on any atom is 0.242 e. The highest BCUT2D eigenvalue weighted by Gasteiger charge is 2.38. The number of aromatic nitrogens is 1. The zero-order valence-corrected chi connectivity index (χ0v) is 14.6. The molecule has 2 saturated heterocycles. The molecule has 0 spiro atoms. The Balaban J connectivity index is 0.00000192. The van der Waals surface area contributed by atoms with E-state index in [0.29, 0.717) is 0 Å². The fraction of sp³-hybridized carbons (Fsp3) is 0.647. The van der Waals surface area contributed by atoms with E-state index in [-0.39, 0.29) is 23.9 Å². The molecule has 23 heavy (non-hydrogen) atoms. The standard InChI is InChI=1S/C17H26N4O.ClH/c1-17(6-2-3-8-19-17)16(22)21-11-9-20(10-12-21)14-15-5-4-7-18-13-15;/h4-5,7,13,19H,2-3,6,8-12,14H2,1H3;1H. The molecule has 0 aliphatic carbocycles. The Morgan fingerprint density at radius 3 is 2.70 bits per heavy atom. The van der Waals surface area contributed by atoms with Gasteiger partial charge < -0.3 is 10.2 Å². The van der Waals surface area contributed by atoms with Crippen molar-refractivity contribution in [3.8, 4) is 0 Å². The first-order chi connectivity index (χ1) is 10.7. The second-order valence-corrected chi connectivity index (χ2v) is 6.65. The molecule has 0 bridgehead atoms. The SMILES string of the molecule is CC1(C(=O)N2CCN(Cc3cccnc3)CC2)CCCCN1.Cl. The summed E-state index contributed by atoms with van der Waals surface area (Å²) in [6.07, 6.45) is 7.02. The van der Waals surface area contributed by atoms with Crippen molar-refractivity contribution < 1.29 is 4.79 Å². The van der Waals surface area contributed by atoms with Gasteiger partial charge in [-0.15, -0.1) is 12.4 Å². The Morgan fingerprint density at radius 1 is 1.30 bits per heavy atom. The monoisotopic (exact) mass is 338 g/mol. The number of piperidine rings is 1. The average Bonchev–Trinajstić information content (AvgIpc) is 2.56. The van der Waals surface area contributed by atoms with Gasteiger partial charge in [0.1, 0.15) is 0 Å². The minimum absolute atomic E-state index is 0. The largest absolute Gasteiger partial charge is 0.339 e. The second kappa shape index (κ2) is 8.08. The normalized spacial score (nSPS) is 25.7. The molecular formula is C17H27ClN4O. The van der Waals surface area contributed by atoms with Crippen LogP contribution in [0.5, 0.6) is 0 Å². The van der Waals surface area contributed by atoms with Gasteiger partial charge in [-0.05, 0) is 44.4 Å². The van der Waals surface area contributed by atoms with Crippen molar-refractivity contribution in [2.45, 2.75) is 38.3 Å². The van der Waals surface area contributed by atoms with Crippen molar-refractivity contribution in [3.05, 3.63) is 30.1 Å². The lowest BCUT2D eigenvalue weighted by atomic mass is 9.89. The van der Waals surface area contributed by atoms with Gasteiger partial charge in [0.05, 0.1) is 5.54 Å². The quantitative estimate of drug-likeness (QED) is 0.911. The fourth-order valence-corrected chi connectivity index (χ4v) is 3.45. The Bertz CT molecular complexity index is 497. The first kappa shape index (κ1) is 18.2. The third kappa shape index (κ3) is 4.43. The first-order valence-electron chi connectivity index (χ1n) is 8.33. The van der Waals surface area contributed by atoms with E-state index >= 15 is 0 Å². The summed E-state index contributed by atoms with van der Waals surface area (Å²) in [4.78, 5) is 21.4. The van der Waals surface area contributed by atoms with Crippen molar-refractivity contribution in [1.29, 1.82) is 0 Å². The number of hydrogen-bond acceptors (Lipinski definition) is 4. The second-order valence-electron chi connectivity index (χ2n) is 6.65. The van der Waals surface area contributed by atoms with E-state index in [2.05, 4.69) is 28.2 Å². The molecule has 1 unspecified atom stereocenters. The van der Waals surface area contributed by atoms with Crippen LogP contribution in [0.25, 0.3) is 0 Å². The van der Waals surface area contributed by atoms with Crippen LogP contribution in [0.15, 0.2) is 24.5 Å². The minimum Gasteiger partial charge on any atom is -0.339 e. The molecule has 6 heteroatoms. The summed E-state index contributed by atoms with van der Waals surface area (Å²) in [7, 11) is 0. The summed E-state index contributed by atoms with van der Waals surface area (Å²) in [6.45, 7) is 7.49. The Morgan fingerprint density at radius 2 is 2.09 bits per heavy atom. The number of piperazine rings is 1. The highest BCUT2D eigenvalue weighted by atomic mass is 35.5. The van der Waals surface area contributed by atoms with E-state index in [1.807, 2.05) is 17.2 Å². The summed E-state index contributed by atoms with van der Waals surface area (Å²) < 4.78 is 0. The molecule has 0 aromatic carbocycles. The summed E-state index contributed by atoms with van der Waals surface area (Å²) in [5.41, 5.74) is 0.896. The molecular weight excluding hydrogens is 312 g/mol. The van der Waals surface area contributed by atoms with Crippen LogP contribution >= 0.6 is 12.4 Å². The van der Waals surface area contributed by atoms with Crippen molar-refractivity contribution in [1.82, 2.24) is 20.1 Å². The smallest absolute Gasteiger partial charge is 0.242 e. The van der Waals surface area contributed by atoms with Crippen molar-refractivity contribution in [2.24, 2.45) is 0 Å². The molecule has 2 aliphatic rings. The average molecular weight is 339 g/mol. The predicted molar refractivity (Wildman–Crippen MR) is 93.6 cm³/mol. The van der Waals surface area contributed by atoms with Gasteiger partial charge in [0.15, 0.2) is 0 Å². The minimum atomic E-state index is -0.343. The van der Waals surface area contributed by atoms with Gasteiger partial charge in [-0.1, -0.05) is 6.07 Å². The van der Waals surface area contributed by atoms with Gasteiger partial charge in [0.25, 0.3) is 0 Å². The molecule has 1 amide bonds. The Hall–Kier alpha value is -1.17. The Kier molecular flexibility index (Phi) is 6.39. The Labute approximate surface area is 144 Å². The molecule has 2 aliphatic heterocycles. The lowest BCUT2D eigenvalue weighted by Gasteiger charge is -2.41.